The van der Waals surface area contributed by atoms with Crippen LogP contribution in [0.15, 0.2) is 0 Å². The Morgan fingerprint density at radius 2 is 1.82 bits per heavy atom. The lowest BCUT2D eigenvalue weighted by Crippen LogP contribution is -2.55. The highest BCUT2D eigenvalue weighted by molar-refractivity contribution is 5.82. The molecular formula is C17H30N2O3. The second-order valence-corrected chi connectivity index (χ2v) is 7.99. The van der Waals surface area contributed by atoms with Crippen molar-refractivity contribution in [1.82, 2.24) is 10.2 Å². The molecule has 22 heavy (non-hydrogen) atoms. The summed E-state index contributed by atoms with van der Waals surface area (Å²) in [6.45, 7) is 7.59. The van der Waals surface area contributed by atoms with Crippen LogP contribution < -0.4 is 5.32 Å². The van der Waals surface area contributed by atoms with Crippen molar-refractivity contribution < 1.29 is 14.7 Å². The number of nitrogens with one attached hydrogen (secondary N) is 1. The van der Waals surface area contributed by atoms with Crippen LogP contribution in [0.25, 0.3) is 0 Å². The van der Waals surface area contributed by atoms with E-state index in [9.17, 15) is 14.7 Å². The molecule has 0 spiro atoms. The summed E-state index contributed by atoms with van der Waals surface area (Å²) in [6.07, 6.45) is 5.78. The monoisotopic (exact) mass is 310 g/mol. The number of carbonyl (C=O) groups is 2. The van der Waals surface area contributed by atoms with E-state index in [4.69, 9.17) is 0 Å². The van der Waals surface area contributed by atoms with E-state index in [-0.39, 0.29) is 11.9 Å². The third-order valence-electron chi connectivity index (χ3n) is 4.90. The average Bonchev–Trinajstić information content (AvgIpc) is 2.96. The van der Waals surface area contributed by atoms with Gasteiger partial charge in [0.2, 0.25) is 5.91 Å². The number of hydrogen-bond acceptors (Lipinski definition) is 3. The standard InChI is InChI=1S/C17H30N2O3/c1-17(2,3)16(22)19-10-13(15(20)21)8-14(11-19)18-9-12-6-4-5-7-12/h12-14,18H,4-11H2,1-3H3,(H,20,21). The van der Waals surface area contributed by atoms with Gasteiger partial charge >= 0.3 is 5.97 Å². The van der Waals surface area contributed by atoms with Crippen molar-refractivity contribution in [3.05, 3.63) is 0 Å². The zero-order chi connectivity index (χ0) is 16.3. The van der Waals surface area contributed by atoms with Crippen LogP contribution in [0.5, 0.6) is 0 Å². The maximum Gasteiger partial charge on any atom is 0.308 e. The third-order valence-corrected chi connectivity index (χ3v) is 4.90. The molecule has 1 saturated carbocycles. The van der Waals surface area contributed by atoms with E-state index in [1.165, 1.54) is 25.7 Å². The Balaban J connectivity index is 1.96. The Morgan fingerprint density at radius 1 is 1.18 bits per heavy atom. The number of amides is 1. The summed E-state index contributed by atoms with van der Waals surface area (Å²) in [5.41, 5.74) is -0.462. The van der Waals surface area contributed by atoms with E-state index in [1.807, 2.05) is 20.8 Å². The van der Waals surface area contributed by atoms with E-state index in [1.54, 1.807) is 4.90 Å². The van der Waals surface area contributed by atoms with Crippen molar-refractivity contribution in [3.63, 3.8) is 0 Å². The molecule has 2 atom stereocenters. The molecule has 2 unspecified atom stereocenters. The summed E-state index contributed by atoms with van der Waals surface area (Å²) in [5, 5.41) is 12.9. The van der Waals surface area contributed by atoms with Gasteiger partial charge in [-0.25, -0.2) is 0 Å². The number of nitrogens with zero attached hydrogens (tertiary/aromatic N) is 1. The number of piperidine rings is 1. The van der Waals surface area contributed by atoms with E-state index in [0.717, 1.165) is 12.5 Å². The molecule has 1 aliphatic carbocycles. The molecule has 2 fully saturated rings. The van der Waals surface area contributed by atoms with Crippen LogP contribution in [0.1, 0.15) is 52.9 Å². The number of carbonyl (C=O) groups excluding carboxylic acids is 1. The van der Waals surface area contributed by atoms with Gasteiger partial charge in [0.15, 0.2) is 0 Å². The predicted octanol–water partition coefficient (Wildman–Crippen LogP) is 2.11. The zero-order valence-electron chi connectivity index (χ0n) is 14.1. The number of hydrogen-bond donors (Lipinski definition) is 2. The molecule has 1 amide bonds. The largest absolute Gasteiger partial charge is 0.481 e. The van der Waals surface area contributed by atoms with E-state index in [2.05, 4.69) is 5.32 Å². The first-order chi connectivity index (χ1) is 10.3. The number of rotatable bonds is 4. The van der Waals surface area contributed by atoms with Crippen molar-refractivity contribution in [1.29, 1.82) is 0 Å². The SMILES string of the molecule is CC(C)(C)C(=O)N1CC(NCC2CCCC2)CC(C(=O)O)C1. The van der Waals surface area contributed by atoms with E-state index in [0.29, 0.717) is 19.5 Å². The second kappa shape index (κ2) is 6.99. The lowest BCUT2D eigenvalue weighted by atomic mass is 9.89. The zero-order valence-corrected chi connectivity index (χ0v) is 14.1. The molecule has 126 valence electrons. The van der Waals surface area contributed by atoms with Crippen molar-refractivity contribution in [2.24, 2.45) is 17.3 Å². The van der Waals surface area contributed by atoms with Gasteiger partial charge in [0.1, 0.15) is 0 Å². The van der Waals surface area contributed by atoms with Gasteiger partial charge in [-0.3, -0.25) is 9.59 Å². The van der Waals surface area contributed by atoms with Gasteiger partial charge in [0.25, 0.3) is 0 Å². The molecule has 1 saturated heterocycles. The summed E-state index contributed by atoms with van der Waals surface area (Å²) in [5.74, 6) is -0.483. The number of aliphatic carboxylic acids is 1. The van der Waals surface area contributed by atoms with Gasteiger partial charge in [0, 0.05) is 24.5 Å². The van der Waals surface area contributed by atoms with Gasteiger partial charge in [-0.1, -0.05) is 33.6 Å². The Hall–Kier alpha value is -1.10. The van der Waals surface area contributed by atoms with Crippen molar-refractivity contribution in [3.8, 4) is 0 Å². The third kappa shape index (κ3) is 4.45. The van der Waals surface area contributed by atoms with Gasteiger partial charge < -0.3 is 15.3 Å². The fourth-order valence-corrected chi connectivity index (χ4v) is 3.61. The predicted molar refractivity (Wildman–Crippen MR) is 85.5 cm³/mol. The minimum atomic E-state index is -0.793. The van der Waals surface area contributed by atoms with Crippen molar-refractivity contribution in [2.75, 3.05) is 19.6 Å². The fraction of sp³-hybridized carbons (Fsp3) is 0.882. The van der Waals surface area contributed by atoms with Crippen LogP contribution in [0.2, 0.25) is 0 Å². The van der Waals surface area contributed by atoms with Crippen LogP contribution in [-0.2, 0) is 9.59 Å². The molecular weight excluding hydrogens is 280 g/mol. The number of likely N-dealkylation sites (tertiary alicyclic amines) is 1. The van der Waals surface area contributed by atoms with Crippen LogP contribution >= 0.6 is 0 Å². The van der Waals surface area contributed by atoms with Crippen molar-refractivity contribution in [2.45, 2.75) is 58.9 Å². The summed E-state index contributed by atoms with van der Waals surface area (Å²) >= 11 is 0. The summed E-state index contributed by atoms with van der Waals surface area (Å²) in [6, 6.07) is 0.0988. The highest BCUT2D eigenvalue weighted by Gasteiger charge is 2.37. The fourth-order valence-electron chi connectivity index (χ4n) is 3.61. The first-order valence-electron chi connectivity index (χ1n) is 8.53. The lowest BCUT2D eigenvalue weighted by molar-refractivity contribution is -0.149. The minimum Gasteiger partial charge on any atom is -0.481 e. The smallest absolute Gasteiger partial charge is 0.308 e. The minimum absolute atomic E-state index is 0.0473. The van der Waals surface area contributed by atoms with E-state index >= 15 is 0 Å². The number of carboxylic acids is 1. The molecule has 2 N–H and O–H groups in total. The molecule has 5 nitrogen and oxygen atoms in total. The summed E-state index contributed by atoms with van der Waals surface area (Å²) in [7, 11) is 0. The first kappa shape index (κ1) is 17.3. The highest BCUT2D eigenvalue weighted by atomic mass is 16.4. The molecule has 0 aromatic heterocycles. The maximum absolute atomic E-state index is 12.5. The molecule has 0 aromatic carbocycles. The first-order valence-corrected chi connectivity index (χ1v) is 8.53. The Morgan fingerprint density at radius 3 is 2.36 bits per heavy atom. The topological polar surface area (TPSA) is 69.6 Å². The molecule has 1 heterocycles. The number of carboxylic acid groups (broad SMARTS) is 1. The van der Waals surface area contributed by atoms with E-state index < -0.39 is 17.3 Å². The quantitative estimate of drug-likeness (QED) is 0.834. The normalized spacial score (nSPS) is 27.1. The van der Waals surface area contributed by atoms with Crippen LogP contribution in [-0.4, -0.2) is 47.6 Å². The Kier molecular flexibility index (Phi) is 5.48. The second-order valence-electron chi connectivity index (χ2n) is 7.99. The molecule has 1 aliphatic heterocycles. The van der Waals surface area contributed by atoms with Gasteiger partial charge in [-0.05, 0) is 31.7 Å². The van der Waals surface area contributed by atoms with Crippen molar-refractivity contribution >= 4 is 11.9 Å². The van der Waals surface area contributed by atoms with Crippen LogP contribution in [0.4, 0.5) is 0 Å². The molecule has 0 aromatic rings. The summed E-state index contributed by atoms with van der Waals surface area (Å²) < 4.78 is 0. The Bertz CT molecular complexity index is 411. The van der Waals surface area contributed by atoms with Gasteiger partial charge in [0.05, 0.1) is 5.92 Å². The molecule has 0 bridgehead atoms. The summed E-state index contributed by atoms with van der Waals surface area (Å²) in [4.78, 5) is 25.7. The molecule has 2 rings (SSSR count). The Labute approximate surface area is 133 Å². The highest BCUT2D eigenvalue weighted by Crippen LogP contribution is 2.26. The van der Waals surface area contributed by atoms with Gasteiger partial charge in [-0.2, -0.15) is 0 Å². The van der Waals surface area contributed by atoms with Gasteiger partial charge in [-0.15, -0.1) is 0 Å². The maximum atomic E-state index is 12.5. The lowest BCUT2D eigenvalue weighted by Gasteiger charge is -2.39. The molecule has 2 aliphatic rings. The van der Waals surface area contributed by atoms with Crippen LogP contribution in [0.3, 0.4) is 0 Å². The molecule has 0 radical (unpaired) electrons. The average molecular weight is 310 g/mol. The molecule has 5 heteroatoms. The van der Waals surface area contributed by atoms with Crippen LogP contribution in [0, 0.1) is 17.3 Å².